The molecule has 2 N–H and O–H groups in total. The van der Waals surface area contributed by atoms with Crippen LogP contribution in [0, 0.1) is 18.6 Å². The van der Waals surface area contributed by atoms with Crippen LogP contribution < -0.4 is 5.73 Å². The minimum atomic E-state index is -0.883. The maximum absolute atomic E-state index is 13.1. The number of aryl methyl sites for hydroxylation is 1. The van der Waals surface area contributed by atoms with E-state index in [1.54, 1.807) is 6.07 Å². The fourth-order valence-electron chi connectivity index (χ4n) is 1.40. The van der Waals surface area contributed by atoms with Crippen LogP contribution in [0.5, 0.6) is 0 Å². The normalized spacial score (nSPS) is 10.7. The van der Waals surface area contributed by atoms with Gasteiger partial charge in [0.05, 0.1) is 5.69 Å². The van der Waals surface area contributed by atoms with E-state index in [0.29, 0.717) is 22.3 Å². The fraction of sp³-hybridized carbons (Fsp3) is 0.167. The Morgan fingerprint density at radius 2 is 1.94 bits per heavy atom. The minimum Gasteiger partial charge on any atom is -0.325 e. The zero-order chi connectivity index (χ0) is 13.1. The SMILES string of the molecule is Cc1cc(CN)nc(Sc2ccc(F)c(F)c2)n1. The van der Waals surface area contributed by atoms with Gasteiger partial charge in [0, 0.05) is 17.1 Å². The highest BCUT2D eigenvalue weighted by atomic mass is 32.2. The van der Waals surface area contributed by atoms with Gasteiger partial charge in [-0.1, -0.05) is 0 Å². The molecule has 2 rings (SSSR count). The molecule has 3 nitrogen and oxygen atoms in total. The van der Waals surface area contributed by atoms with Crippen molar-refractivity contribution in [3.05, 3.63) is 47.3 Å². The number of rotatable bonds is 3. The summed E-state index contributed by atoms with van der Waals surface area (Å²) in [5.74, 6) is -1.75. The first-order chi connectivity index (χ1) is 8.58. The summed E-state index contributed by atoms with van der Waals surface area (Å²) in [5.41, 5.74) is 7.02. The van der Waals surface area contributed by atoms with Crippen molar-refractivity contribution in [1.82, 2.24) is 9.97 Å². The molecule has 0 spiro atoms. The number of aromatic nitrogens is 2. The number of hydrogen-bond donors (Lipinski definition) is 1. The summed E-state index contributed by atoms with van der Waals surface area (Å²) in [6, 6.07) is 5.47. The van der Waals surface area contributed by atoms with Gasteiger partial charge in [0.25, 0.3) is 0 Å². The van der Waals surface area contributed by atoms with Crippen molar-refractivity contribution in [2.75, 3.05) is 0 Å². The Labute approximate surface area is 107 Å². The van der Waals surface area contributed by atoms with E-state index in [9.17, 15) is 8.78 Å². The second-order valence-corrected chi connectivity index (χ2v) is 4.71. The van der Waals surface area contributed by atoms with E-state index in [0.717, 1.165) is 17.8 Å². The van der Waals surface area contributed by atoms with Gasteiger partial charge in [0.1, 0.15) is 0 Å². The Hall–Kier alpha value is -1.53. The maximum atomic E-state index is 13.1. The van der Waals surface area contributed by atoms with Crippen LogP contribution in [0.15, 0.2) is 34.3 Å². The van der Waals surface area contributed by atoms with Crippen LogP contribution in [0.1, 0.15) is 11.4 Å². The van der Waals surface area contributed by atoms with Crippen molar-refractivity contribution >= 4 is 11.8 Å². The standard InChI is InChI=1S/C12H11F2N3S/c1-7-4-8(6-15)17-12(16-7)18-9-2-3-10(13)11(14)5-9/h2-5H,6,15H2,1H3. The highest BCUT2D eigenvalue weighted by Gasteiger charge is 2.07. The Balaban J connectivity index is 2.27. The smallest absolute Gasteiger partial charge is 0.192 e. The Morgan fingerprint density at radius 3 is 2.61 bits per heavy atom. The zero-order valence-electron chi connectivity index (χ0n) is 9.65. The van der Waals surface area contributed by atoms with E-state index in [1.807, 2.05) is 6.92 Å². The van der Waals surface area contributed by atoms with Crippen LogP contribution in [-0.2, 0) is 6.54 Å². The molecule has 1 aromatic carbocycles. The molecular weight excluding hydrogens is 256 g/mol. The molecule has 0 bridgehead atoms. The van der Waals surface area contributed by atoms with E-state index in [1.165, 1.54) is 17.8 Å². The average molecular weight is 267 g/mol. The Bertz CT molecular complexity index is 575. The van der Waals surface area contributed by atoms with Gasteiger partial charge in [-0.05, 0) is 43.0 Å². The van der Waals surface area contributed by atoms with E-state index >= 15 is 0 Å². The highest BCUT2D eigenvalue weighted by Crippen LogP contribution is 2.26. The molecule has 18 heavy (non-hydrogen) atoms. The number of halogens is 2. The van der Waals surface area contributed by atoms with Gasteiger partial charge in [0.2, 0.25) is 0 Å². The summed E-state index contributed by atoms with van der Waals surface area (Å²) in [6.07, 6.45) is 0. The molecule has 6 heteroatoms. The summed E-state index contributed by atoms with van der Waals surface area (Å²) in [5, 5.41) is 0.474. The molecule has 0 aliphatic carbocycles. The lowest BCUT2D eigenvalue weighted by Gasteiger charge is -2.04. The van der Waals surface area contributed by atoms with Crippen LogP contribution in [0.4, 0.5) is 8.78 Å². The summed E-state index contributed by atoms with van der Waals surface area (Å²) in [7, 11) is 0. The lowest BCUT2D eigenvalue weighted by Crippen LogP contribution is -2.02. The molecule has 94 valence electrons. The molecule has 0 aliphatic heterocycles. The van der Waals surface area contributed by atoms with Crippen molar-refractivity contribution in [1.29, 1.82) is 0 Å². The van der Waals surface area contributed by atoms with E-state index in [-0.39, 0.29) is 0 Å². The first-order valence-corrected chi connectivity index (χ1v) is 6.07. The zero-order valence-corrected chi connectivity index (χ0v) is 10.5. The average Bonchev–Trinajstić information content (AvgIpc) is 2.33. The molecule has 0 saturated heterocycles. The Kier molecular flexibility index (Phi) is 3.88. The molecule has 0 atom stereocenters. The van der Waals surface area contributed by atoms with E-state index in [2.05, 4.69) is 9.97 Å². The quantitative estimate of drug-likeness (QED) is 0.869. The molecule has 1 aromatic heterocycles. The number of nitrogens with zero attached hydrogens (tertiary/aromatic N) is 2. The van der Waals surface area contributed by atoms with Gasteiger partial charge in [-0.25, -0.2) is 18.7 Å². The van der Waals surface area contributed by atoms with Crippen LogP contribution in [0.2, 0.25) is 0 Å². The summed E-state index contributed by atoms with van der Waals surface area (Å²) in [6.45, 7) is 2.14. The molecular formula is C12H11F2N3S. The molecule has 2 aromatic rings. The first kappa shape index (κ1) is 12.9. The third-order valence-corrected chi connectivity index (χ3v) is 3.05. The van der Waals surface area contributed by atoms with Gasteiger partial charge in [0.15, 0.2) is 16.8 Å². The molecule has 0 amide bonds. The lowest BCUT2D eigenvalue weighted by molar-refractivity contribution is 0.506. The predicted molar refractivity (Wildman–Crippen MR) is 65.1 cm³/mol. The van der Waals surface area contributed by atoms with Crippen molar-refractivity contribution < 1.29 is 8.78 Å². The predicted octanol–water partition coefficient (Wildman–Crippen LogP) is 2.67. The topological polar surface area (TPSA) is 51.8 Å². The highest BCUT2D eigenvalue weighted by molar-refractivity contribution is 7.99. The van der Waals surface area contributed by atoms with Gasteiger partial charge in [-0.15, -0.1) is 0 Å². The van der Waals surface area contributed by atoms with Gasteiger partial charge in [-0.2, -0.15) is 0 Å². The summed E-state index contributed by atoms with van der Waals surface area (Å²) >= 11 is 1.17. The van der Waals surface area contributed by atoms with Crippen LogP contribution >= 0.6 is 11.8 Å². The van der Waals surface area contributed by atoms with Gasteiger partial charge in [-0.3, -0.25) is 0 Å². The van der Waals surface area contributed by atoms with Gasteiger partial charge < -0.3 is 5.73 Å². The lowest BCUT2D eigenvalue weighted by atomic mass is 10.3. The molecule has 1 heterocycles. The summed E-state index contributed by atoms with van der Waals surface area (Å²) in [4.78, 5) is 8.96. The maximum Gasteiger partial charge on any atom is 0.192 e. The fourth-order valence-corrected chi connectivity index (χ4v) is 2.26. The third-order valence-electron chi connectivity index (χ3n) is 2.20. The minimum absolute atomic E-state index is 0.314. The van der Waals surface area contributed by atoms with E-state index < -0.39 is 11.6 Å². The molecule has 0 unspecified atom stereocenters. The monoisotopic (exact) mass is 267 g/mol. The van der Waals surface area contributed by atoms with Crippen molar-refractivity contribution in [2.24, 2.45) is 5.73 Å². The van der Waals surface area contributed by atoms with E-state index in [4.69, 9.17) is 5.73 Å². The number of nitrogens with two attached hydrogens (primary N) is 1. The second kappa shape index (κ2) is 5.41. The van der Waals surface area contributed by atoms with Gasteiger partial charge >= 0.3 is 0 Å². The first-order valence-electron chi connectivity index (χ1n) is 5.26. The number of hydrogen-bond acceptors (Lipinski definition) is 4. The number of benzene rings is 1. The van der Waals surface area contributed by atoms with Crippen molar-refractivity contribution in [3.8, 4) is 0 Å². The van der Waals surface area contributed by atoms with Crippen LogP contribution in [0.3, 0.4) is 0 Å². The molecule has 0 fully saturated rings. The Morgan fingerprint density at radius 1 is 1.17 bits per heavy atom. The van der Waals surface area contributed by atoms with Crippen LogP contribution in [-0.4, -0.2) is 9.97 Å². The largest absolute Gasteiger partial charge is 0.325 e. The molecule has 0 aliphatic rings. The summed E-state index contributed by atoms with van der Waals surface area (Å²) < 4.78 is 25.8. The van der Waals surface area contributed by atoms with Crippen molar-refractivity contribution in [2.45, 2.75) is 23.5 Å². The molecule has 0 saturated carbocycles. The third kappa shape index (κ3) is 3.02. The van der Waals surface area contributed by atoms with Crippen molar-refractivity contribution in [3.63, 3.8) is 0 Å². The van der Waals surface area contributed by atoms with Crippen LogP contribution in [0.25, 0.3) is 0 Å². The molecule has 0 radical (unpaired) electrons. The second-order valence-electron chi connectivity index (χ2n) is 3.67.